The molecule has 2 saturated heterocycles. The van der Waals surface area contributed by atoms with Gasteiger partial charge in [0.1, 0.15) is 12.1 Å². The molecule has 2 aliphatic heterocycles. The third kappa shape index (κ3) is 5.40. The molecule has 11 heteroatoms. The first-order valence-electron chi connectivity index (χ1n) is 10.4. The molecule has 0 aliphatic carbocycles. The monoisotopic (exact) mass is 437 g/mol. The molecule has 0 bridgehead atoms. The van der Waals surface area contributed by atoms with Crippen molar-refractivity contribution in [2.45, 2.75) is 45.2 Å². The summed E-state index contributed by atoms with van der Waals surface area (Å²) < 4.78 is 1.72. The van der Waals surface area contributed by atoms with Crippen LogP contribution in [0.1, 0.15) is 33.1 Å². The molecular weight excluding hydrogens is 406 g/mol. The van der Waals surface area contributed by atoms with Crippen LogP contribution in [0.2, 0.25) is 0 Å². The van der Waals surface area contributed by atoms with Crippen LogP contribution in [0.5, 0.6) is 0 Å². The van der Waals surface area contributed by atoms with Gasteiger partial charge >= 0.3 is 6.03 Å². The second kappa shape index (κ2) is 10.9. The van der Waals surface area contributed by atoms with Crippen LogP contribution in [-0.4, -0.2) is 97.1 Å². The fourth-order valence-corrected chi connectivity index (χ4v) is 4.07. The van der Waals surface area contributed by atoms with Gasteiger partial charge in [-0.05, 0) is 25.2 Å². The van der Waals surface area contributed by atoms with Gasteiger partial charge in [0.2, 0.25) is 5.91 Å². The number of imide groups is 1. The lowest BCUT2D eigenvalue weighted by Crippen LogP contribution is -2.58. The zero-order valence-electron chi connectivity index (χ0n) is 18.0. The Hall–Kier alpha value is -2.95. The average Bonchev–Trinajstić information content (AvgIpc) is 3.30. The van der Waals surface area contributed by atoms with Gasteiger partial charge in [0.15, 0.2) is 0 Å². The lowest BCUT2D eigenvalue weighted by Gasteiger charge is -2.42. The number of carbonyl (C=O) groups is 4. The highest BCUT2D eigenvalue weighted by molar-refractivity contribution is 6.07. The minimum Gasteiger partial charge on any atom is -0.483 e. The second-order valence-electron chi connectivity index (χ2n) is 8.07. The Kier molecular flexibility index (Phi) is 8.55. The van der Waals surface area contributed by atoms with Crippen LogP contribution in [0.3, 0.4) is 0 Å². The molecule has 2 N–H and O–H groups in total. The lowest BCUT2D eigenvalue weighted by atomic mass is 9.85. The maximum Gasteiger partial charge on any atom is 0.327 e. The molecule has 0 unspecified atom stereocenters. The Balaban J connectivity index is 0.00000107. The van der Waals surface area contributed by atoms with Gasteiger partial charge in [-0.1, -0.05) is 13.8 Å². The molecule has 0 radical (unpaired) electrons. The fourth-order valence-electron chi connectivity index (χ4n) is 4.07. The molecule has 3 rings (SSSR count). The molecule has 2 fully saturated rings. The largest absolute Gasteiger partial charge is 0.483 e. The molecule has 1 aromatic heterocycles. The van der Waals surface area contributed by atoms with Crippen LogP contribution in [0.25, 0.3) is 0 Å². The van der Waals surface area contributed by atoms with Gasteiger partial charge in [-0.2, -0.15) is 0 Å². The summed E-state index contributed by atoms with van der Waals surface area (Å²) in [4.78, 5) is 55.7. The van der Waals surface area contributed by atoms with E-state index in [1.54, 1.807) is 33.1 Å². The van der Waals surface area contributed by atoms with Crippen molar-refractivity contribution in [1.29, 1.82) is 0 Å². The molecule has 0 aromatic carbocycles. The lowest BCUT2D eigenvalue weighted by molar-refractivity contribution is -0.141. The number of hydrogen-bond acceptors (Lipinski definition) is 6. The summed E-state index contributed by atoms with van der Waals surface area (Å²) in [5, 5.41) is 16.0. The second-order valence-corrected chi connectivity index (χ2v) is 8.07. The summed E-state index contributed by atoms with van der Waals surface area (Å²) in [5.74, 6) is 0.0257. The Morgan fingerprint density at radius 1 is 1.29 bits per heavy atom. The highest BCUT2D eigenvalue weighted by atomic mass is 16.3. The van der Waals surface area contributed by atoms with Crippen LogP contribution >= 0.6 is 0 Å². The molecule has 1 spiro atoms. The molecule has 3 heterocycles. The van der Waals surface area contributed by atoms with E-state index < -0.39 is 5.54 Å². The molecule has 0 saturated carbocycles. The summed E-state index contributed by atoms with van der Waals surface area (Å²) in [7, 11) is 0. The molecule has 0 atom stereocenters. The van der Waals surface area contributed by atoms with Crippen LogP contribution in [-0.2, 0) is 20.9 Å². The third-order valence-corrected chi connectivity index (χ3v) is 5.53. The van der Waals surface area contributed by atoms with E-state index in [2.05, 4.69) is 4.98 Å². The third-order valence-electron chi connectivity index (χ3n) is 5.53. The van der Waals surface area contributed by atoms with E-state index >= 15 is 0 Å². The zero-order valence-corrected chi connectivity index (χ0v) is 18.0. The first-order chi connectivity index (χ1) is 14.8. The molecular formula is C20H31N5O6. The zero-order chi connectivity index (χ0) is 23.0. The van der Waals surface area contributed by atoms with E-state index in [1.807, 2.05) is 13.8 Å². The predicted octanol–water partition coefficient (Wildman–Crippen LogP) is 0.248. The Morgan fingerprint density at radius 3 is 2.45 bits per heavy atom. The minimum absolute atomic E-state index is 0.0165. The number of rotatable bonds is 7. The molecule has 4 amide bonds. The minimum atomic E-state index is -0.872. The predicted molar refractivity (Wildman–Crippen MR) is 110 cm³/mol. The molecule has 2 aliphatic rings. The number of aliphatic hydroxyl groups excluding tert-OH is 1. The molecule has 31 heavy (non-hydrogen) atoms. The number of imidazole rings is 1. The number of hydrogen-bond donors (Lipinski definition) is 2. The van der Waals surface area contributed by atoms with Crippen molar-refractivity contribution in [3.8, 4) is 0 Å². The number of piperidine rings is 1. The van der Waals surface area contributed by atoms with Crippen LogP contribution in [0.4, 0.5) is 4.79 Å². The summed E-state index contributed by atoms with van der Waals surface area (Å²) in [5.41, 5.74) is -0.872. The quantitative estimate of drug-likeness (QED) is 0.461. The maximum absolute atomic E-state index is 13.2. The number of aromatic nitrogens is 2. The van der Waals surface area contributed by atoms with E-state index in [0.717, 1.165) is 0 Å². The van der Waals surface area contributed by atoms with E-state index in [1.165, 1.54) is 4.90 Å². The number of urea groups is 1. The fraction of sp³-hybridized carbons (Fsp3) is 0.650. The highest BCUT2D eigenvalue weighted by Crippen LogP contribution is 2.38. The van der Waals surface area contributed by atoms with Gasteiger partial charge in [0.05, 0.1) is 6.33 Å². The molecule has 11 nitrogen and oxygen atoms in total. The summed E-state index contributed by atoms with van der Waals surface area (Å²) >= 11 is 0. The van der Waals surface area contributed by atoms with Crippen molar-refractivity contribution < 1.29 is 29.4 Å². The summed E-state index contributed by atoms with van der Waals surface area (Å²) in [6.45, 7) is 5.56. The van der Waals surface area contributed by atoms with Crippen molar-refractivity contribution >= 4 is 24.3 Å². The van der Waals surface area contributed by atoms with Gasteiger partial charge in [0.25, 0.3) is 12.4 Å². The van der Waals surface area contributed by atoms with Crippen molar-refractivity contribution in [2.24, 2.45) is 5.92 Å². The number of carbonyl (C=O) groups excluding carboxylic acids is 3. The number of carboxylic acid groups (broad SMARTS) is 1. The Bertz CT molecular complexity index is 758. The first kappa shape index (κ1) is 24.3. The molecule has 1 aromatic rings. The normalized spacial score (nSPS) is 17.9. The Morgan fingerprint density at radius 2 is 1.94 bits per heavy atom. The van der Waals surface area contributed by atoms with Gasteiger partial charge < -0.3 is 24.6 Å². The van der Waals surface area contributed by atoms with Crippen LogP contribution in [0, 0.1) is 5.92 Å². The van der Waals surface area contributed by atoms with Crippen molar-refractivity contribution in [1.82, 2.24) is 24.3 Å². The van der Waals surface area contributed by atoms with E-state index in [-0.39, 0.29) is 49.9 Å². The Labute approximate surface area is 181 Å². The van der Waals surface area contributed by atoms with Crippen molar-refractivity contribution in [2.75, 3.05) is 32.8 Å². The number of amides is 4. The number of likely N-dealkylation sites (tertiary alicyclic amines) is 1. The molecule has 172 valence electrons. The van der Waals surface area contributed by atoms with Crippen molar-refractivity contribution in [3.05, 3.63) is 18.7 Å². The van der Waals surface area contributed by atoms with Crippen LogP contribution < -0.4 is 0 Å². The van der Waals surface area contributed by atoms with Gasteiger partial charge in [-0.3, -0.25) is 19.3 Å². The topological polar surface area (TPSA) is 136 Å². The highest BCUT2D eigenvalue weighted by Gasteiger charge is 2.57. The number of nitrogens with zero attached hydrogens (tertiary/aromatic N) is 5. The van der Waals surface area contributed by atoms with Crippen molar-refractivity contribution in [3.63, 3.8) is 0 Å². The SMILES string of the molecule is CC(C)CN1C(=O)N(CCCO)C(=O)C12CCN(C(=O)Cn1ccnc1)CC2.O=CO. The standard InChI is InChI=1S/C19H29N5O4.CH2O2/c1-15(2)12-24-18(28)23(7-3-11-25)17(27)19(24)4-8-22(9-5-19)16(26)13-21-10-6-20-14-21;2-1-3/h6,10,14-15,25H,3-5,7-9,11-13H2,1-2H3;1H,(H,2,3). The van der Waals surface area contributed by atoms with E-state index in [4.69, 9.17) is 15.0 Å². The van der Waals surface area contributed by atoms with Gasteiger partial charge in [-0.15, -0.1) is 0 Å². The van der Waals surface area contributed by atoms with E-state index in [9.17, 15) is 14.4 Å². The first-order valence-corrected chi connectivity index (χ1v) is 10.4. The van der Waals surface area contributed by atoms with Gasteiger partial charge in [-0.25, -0.2) is 9.78 Å². The smallest absolute Gasteiger partial charge is 0.327 e. The summed E-state index contributed by atoms with van der Waals surface area (Å²) in [6, 6.07) is -0.273. The number of aliphatic hydroxyl groups is 1. The average molecular weight is 437 g/mol. The van der Waals surface area contributed by atoms with E-state index in [0.29, 0.717) is 38.9 Å². The van der Waals surface area contributed by atoms with Gasteiger partial charge in [0, 0.05) is 45.2 Å². The summed E-state index contributed by atoms with van der Waals surface area (Å²) in [6.07, 6.45) is 6.23. The van der Waals surface area contributed by atoms with Crippen LogP contribution in [0.15, 0.2) is 18.7 Å². The maximum atomic E-state index is 13.2.